The molecule has 3 aromatic carbocycles. The van der Waals surface area contributed by atoms with Crippen molar-refractivity contribution in [1.29, 1.82) is 0 Å². The predicted molar refractivity (Wildman–Crippen MR) is 120 cm³/mol. The van der Waals surface area contributed by atoms with E-state index in [9.17, 15) is 0 Å². The third-order valence-electron chi connectivity index (χ3n) is 5.20. The molecule has 1 nitrogen and oxygen atoms in total. The first kappa shape index (κ1) is 20.2. The van der Waals surface area contributed by atoms with Crippen molar-refractivity contribution in [1.82, 2.24) is 0 Å². The summed E-state index contributed by atoms with van der Waals surface area (Å²) in [5.74, 6) is 2.32. The van der Waals surface area contributed by atoms with Gasteiger partial charge >= 0.3 is 0 Å². The van der Waals surface area contributed by atoms with Gasteiger partial charge in [-0.15, -0.1) is 0 Å². The lowest BCUT2D eigenvalue weighted by molar-refractivity contribution is 0.481. The lowest BCUT2D eigenvalue weighted by Gasteiger charge is -2.14. The molecule has 0 aromatic heterocycles. The van der Waals surface area contributed by atoms with Crippen LogP contribution in [0.4, 0.5) is 0 Å². The zero-order valence-corrected chi connectivity index (χ0v) is 17.4. The molecule has 0 saturated heterocycles. The van der Waals surface area contributed by atoms with Crippen molar-refractivity contribution >= 4 is 0 Å². The van der Waals surface area contributed by atoms with E-state index in [1.54, 1.807) is 0 Å². The molecule has 3 rings (SSSR count). The van der Waals surface area contributed by atoms with E-state index in [1.807, 2.05) is 6.07 Å². The van der Waals surface area contributed by atoms with Gasteiger partial charge in [0.05, 0.1) is 0 Å². The minimum absolute atomic E-state index is 0.509. The van der Waals surface area contributed by atoms with Crippen molar-refractivity contribution in [2.75, 3.05) is 0 Å². The van der Waals surface area contributed by atoms with Gasteiger partial charge < -0.3 is 4.74 Å². The average Bonchev–Trinajstić information content (AvgIpc) is 2.70. The minimum Gasteiger partial charge on any atom is -0.457 e. The lowest BCUT2D eigenvalue weighted by atomic mass is 9.92. The maximum absolute atomic E-state index is 6.05. The predicted octanol–water partition coefficient (Wildman–Crippen LogP) is 7.73. The highest BCUT2D eigenvalue weighted by molar-refractivity contribution is 5.36. The number of ether oxygens (including phenoxy) is 1. The second kappa shape index (κ2) is 10.1. The number of rotatable bonds is 9. The lowest BCUT2D eigenvalue weighted by Crippen LogP contribution is -1.99. The molecule has 146 valence electrons. The number of hydrogen-bond acceptors (Lipinski definition) is 1. The highest BCUT2D eigenvalue weighted by Crippen LogP contribution is 2.26. The van der Waals surface area contributed by atoms with Crippen LogP contribution >= 0.6 is 0 Å². The molecule has 0 radical (unpaired) electrons. The molecule has 0 aliphatic carbocycles. The van der Waals surface area contributed by atoms with Gasteiger partial charge in [-0.05, 0) is 71.7 Å². The van der Waals surface area contributed by atoms with Crippen LogP contribution in [0.25, 0.3) is 0 Å². The molecule has 0 fully saturated rings. The smallest absolute Gasteiger partial charge is 0.127 e. The molecule has 0 aliphatic heterocycles. The van der Waals surface area contributed by atoms with Crippen LogP contribution < -0.4 is 4.74 Å². The molecule has 0 spiro atoms. The molecule has 0 N–H and O–H groups in total. The average molecular weight is 373 g/mol. The largest absolute Gasteiger partial charge is 0.457 e. The molecule has 28 heavy (non-hydrogen) atoms. The van der Waals surface area contributed by atoms with Crippen LogP contribution in [0, 0.1) is 0 Å². The fourth-order valence-electron chi connectivity index (χ4n) is 3.70. The van der Waals surface area contributed by atoms with Gasteiger partial charge in [0.15, 0.2) is 0 Å². The SMILES string of the molecule is CCCc1cccc(Oc2ccc(CC(C)c3cccc(CCC)c3)cc2)c1. The summed E-state index contributed by atoms with van der Waals surface area (Å²) in [6.45, 7) is 6.75. The summed E-state index contributed by atoms with van der Waals surface area (Å²) in [6.07, 6.45) is 5.64. The van der Waals surface area contributed by atoms with Crippen molar-refractivity contribution in [3.05, 3.63) is 95.1 Å². The van der Waals surface area contributed by atoms with E-state index in [1.165, 1.54) is 28.7 Å². The minimum atomic E-state index is 0.509. The van der Waals surface area contributed by atoms with Crippen molar-refractivity contribution in [3.8, 4) is 11.5 Å². The molecule has 1 atom stereocenters. The first-order valence-corrected chi connectivity index (χ1v) is 10.6. The zero-order valence-electron chi connectivity index (χ0n) is 17.4. The molecule has 1 heteroatoms. The van der Waals surface area contributed by atoms with Crippen molar-refractivity contribution in [2.45, 2.75) is 58.8 Å². The van der Waals surface area contributed by atoms with Gasteiger partial charge in [0.1, 0.15) is 11.5 Å². The Morgan fingerprint density at radius 3 is 2.00 bits per heavy atom. The van der Waals surface area contributed by atoms with Crippen LogP contribution in [-0.2, 0) is 19.3 Å². The Kier molecular flexibility index (Phi) is 7.31. The Bertz CT molecular complexity index is 863. The van der Waals surface area contributed by atoms with Crippen LogP contribution in [-0.4, -0.2) is 0 Å². The highest BCUT2D eigenvalue weighted by atomic mass is 16.5. The summed E-state index contributed by atoms with van der Waals surface area (Å²) in [4.78, 5) is 0. The van der Waals surface area contributed by atoms with Gasteiger partial charge in [0, 0.05) is 0 Å². The maximum atomic E-state index is 6.05. The van der Waals surface area contributed by atoms with Gasteiger partial charge in [0.2, 0.25) is 0 Å². The quantitative estimate of drug-likeness (QED) is 0.373. The Labute approximate surface area is 170 Å². The van der Waals surface area contributed by atoms with E-state index >= 15 is 0 Å². The molecule has 0 saturated carbocycles. The summed E-state index contributed by atoms with van der Waals surface area (Å²) in [5, 5.41) is 0. The van der Waals surface area contributed by atoms with Crippen LogP contribution in [0.15, 0.2) is 72.8 Å². The highest BCUT2D eigenvalue weighted by Gasteiger charge is 2.08. The summed E-state index contributed by atoms with van der Waals surface area (Å²) in [6, 6.07) is 26.0. The van der Waals surface area contributed by atoms with Gasteiger partial charge in [0.25, 0.3) is 0 Å². The van der Waals surface area contributed by atoms with Crippen molar-refractivity contribution in [3.63, 3.8) is 0 Å². The summed E-state index contributed by atoms with van der Waals surface area (Å²) in [5.41, 5.74) is 5.55. The number of benzene rings is 3. The molecule has 0 bridgehead atoms. The Hall–Kier alpha value is -2.54. The normalized spacial score (nSPS) is 12.0. The van der Waals surface area contributed by atoms with Gasteiger partial charge in [-0.1, -0.05) is 82.1 Å². The third kappa shape index (κ3) is 5.73. The molecule has 1 unspecified atom stereocenters. The van der Waals surface area contributed by atoms with Crippen LogP contribution in [0.1, 0.15) is 61.8 Å². The van der Waals surface area contributed by atoms with Gasteiger partial charge in [-0.3, -0.25) is 0 Å². The first-order chi connectivity index (χ1) is 13.7. The first-order valence-electron chi connectivity index (χ1n) is 10.6. The number of aryl methyl sites for hydroxylation is 2. The van der Waals surface area contributed by atoms with Gasteiger partial charge in [-0.25, -0.2) is 0 Å². The van der Waals surface area contributed by atoms with E-state index < -0.39 is 0 Å². The second-order valence-corrected chi connectivity index (χ2v) is 7.74. The molecule has 0 aliphatic rings. The van der Waals surface area contributed by atoms with Crippen LogP contribution in [0.3, 0.4) is 0 Å². The molecule has 0 amide bonds. The third-order valence-corrected chi connectivity index (χ3v) is 5.20. The Balaban J connectivity index is 1.62. The van der Waals surface area contributed by atoms with Gasteiger partial charge in [-0.2, -0.15) is 0 Å². The summed E-state index contributed by atoms with van der Waals surface area (Å²) in [7, 11) is 0. The van der Waals surface area contributed by atoms with E-state index in [2.05, 4.69) is 87.5 Å². The van der Waals surface area contributed by atoms with Crippen LogP contribution in [0.2, 0.25) is 0 Å². The maximum Gasteiger partial charge on any atom is 0.127 e. The van der Waals surface area contributed by atoms with E-state index in [0.29, 0.717) is 5.92 Å². The Morgan fingerprint density at radius 1 is 0.679 bits per heavy atom. The standard InChI is InChI=1S/C27H32O/c1-4-8-22-10-6-12-25(19-22)21(3)18-24-14-16-26(17-15-24)28-27-13-7-11-23(20-27)9-5-2/h6-7,10-17,19-21H,4-5,8-9,18H2,1-3H3. The topological polar surface area (TPSA) is 9.23 Å². The molecule has 0 heterocycles. The fraction of sp³-hybridized carbons (Fsp3) is 0.333. The molecule has 3 aromatic rings. The fourth-order valence-corrected chi connectivity index (χ4v) is 3.70. The van der Waals surface area contributed by atoms with Crippen molar-refractivity contribution < 1.29 is 4.74 Å². The summed E-state index contributed by atoms with van der Waals surface area (Å²) < 4.78 is 6.05. The summed E-state index contributed by atoms with van der Waals surface area (Å²) >= 11 is 0. The monoisotopic (exact) mass is 372 g/mol. The van der Waals surface area contributed by atoms with E-state index in [4.69, 9.17) is 4.74 Å². The number of hydrogen-bond donors (Lipinski definition) is 0. The van der Waals surface area contributed by atoms with Crippen LogP contribution in [0.5, 0.6) is 11.5 Å². The van der Waals surface area contributed by atoms with E-state index in [0.717, 1.165) is 37.2 Å². The second-order valence-electron chi connectivity index (χ2n) is 7.74. The molecular weight excluding hydrogens is 340 g/mol. The zero-order chi connectivity index (χ0) is 19.8. The molecular formula is C27H32O. The Morgan fingerprint density at radius 2 is 1.32 bits per heavy atom. The van der Waals surface area contributed by atoms with E-state index in [-0.39, 0.29) is 0 Å². The van der Waals surface area contributed by atoms with Crippen molar-refractivity contribution in [2.24, 2.45) is 0 Å².